The number of nitrogens with one attached hydrogen (secondary N) is 1. The topological polar surface area (TPSA) is 77.2 Å². The molecule has 0 aliphatic heterocycles. The van der Waals surface area contributed by atoms with E-state index < -0.39 is 5.91 Å². The molecule has 0 atom stereocenters. The molecule has 0 spiro atoms. The van der Waals surface area contributed by atoms with Crippen molar-refractivity contribution in [2.75, 3.05) is 12.4 Å². The van der Waals surface area contributed by atoms with Gasteiger partial charge in [0.2, 0.25) is 0 Å². The van der Waals surface area contributed by atoms with E-state index in [1.165, 1.54) is 11.3 Å². The molecule has 0 fully saturated rings. The Morgan fingerprint density at radius 1 is 1.07 bits per heavy atom. The van der Waals surface area contributed by atoms with Crippen LogP contribution in [-0.4, -0.2) is 18.0 Å². The van der Waals surface area contributed by atoms with Gasteiger partial charge in [0.25, 0.3) is 5.91 Å². The monoisotopic (exact) mass is 389 g/mol. The number of primary amides is 1. The molecule has 0 radical (unpaired) electrons. The molecule has 1 amide bonds. The van der Waals surface area contributed by atoms with Crippen LogP contribution in [0.5, 0.6) is 0 Å². The molecule has 28 heavy (non-hydrogen) atoms. The molecule has 0 saturated heterocycles. The van der Waals surface area contributed by atoms with Crippen LogP contribution in [-0.2, 0) is 11.3 Å². The summed E-state index contributed by atoms with van der Waals surface area (Å²) in [6.45, 7) is 0.614. The summed E-state index contributed by atoms with van der Waals surface area (Å²) in [7, 11) is 1.69. The quantitative estimate of drug-likeness (QED) is 0.489. The van der Waals surface area contributed by atoms with Gasteiger partial charge >= 0.3 is 0 Å². The van der Waals surface area contributed by atoms with Crippen LogP contribution in [0.4, 0.5) is 11.4 Å². The van der Waals surface area contributed by atoms with Crippen molar-refractivity contribution in [2.24, 2.45) is 5.73 Å². The van der Waals surface area contributed by atoms with E-state index in [4.69, 9.17) is 10.5 Å². The van der Waals surface area contributed by atoms with Crippen molar-refractivity contribution in [1.82, 2.24) is 4.98 Å². The normalized spacial score (nSPS) is 10.9. The average molecular weight is 389 g/mol. The first-order valence-electron chi connectivity index (χ1n) is 8.77. The SMILES string of the molecule is COCc1ccc(-c2ccc(Nc3cncc4sc(C(N)=O)cc34)cc2)cc1. The molecule has 2 aromatic carbocycles. The molecular formula is C22H19N3O2S. The number of hydrogen-bond donors (Lipinski definition) is 2. The maximum absolute atomic E-state index is 11.5. The fourth-order valence-electron chi connectivity index (χ4n) is 3.04. The lowest BCUT2D eigenvalue weighted by Gasteiger charge is -2.09. The highest BCUT2D eigenvalue weighted by atomic mass is 32.1. The minimum Gasteiger partial charge on any atom is -0.380 e. The highest BCUT2D eigenvalue weighted by Gasteiger charge is 2.10. The van der Waals surface area contributed by atoms with Crippen LogP contribution in [0.2, 0.25) is 0 Å². The molecule has 0 aliphatic carbocycles. The summed E-state index contributed by atoms with van der Waals surface area (Å²) in [5.41, 5.74) is 10.6. The molecule has 3 N–H and O–H groups in total. The van der Waals surface area contributed by atoms with E-state index in [9.17, 15) is 4.79 Å². The second kappa shape index (κ2) is 7.80. The number of hydrogen-bond acceptors (Lipinski definition) is 5. The number of rotatable bonds is 6. The van der Waals surface area contributed by atoms with Gasteiger partial charge in [-0.1, -0.05) is 36.4 Å². The minimum atomic E-state index is -0.423. The van der Waals surface area contributed by atoms with E-state index >= 15 is 0 Å². The number of carbonyl (C=O) groups is 1. The lowest BCUT2D eigenvalue weighted by atomic mass is 10.0. The van der Waals surface area contributed by atoms with Crippen molar-refractivity contribution in [3.8, 4) is 11.1 Å². The Kier molecular flexibility index (Phi) is 5.06. The second-order valence-corrected chi connectivity index (χ2v) is 7.49. The molecule has 0 aliphatic rings. The molecule has 140 valence electrons. The standard InChI is InChI=1S/C22H19N3O2S/c1-27-13-14-2-4-15(5-3-14)16-6-8-17(9-7-16)25-19-11-24-12-21-18(19)10-20(28-21)22(23)26/h2-12,25H,13H2,1H3,(H2,23,26). The molecule has 0 unspecified atom stereocenters. The highest BCUT2D eigenvalue weighted by molar-refractivity contribution is 7.20. The number of nitrogens with two attached hydrogens (primary N) is 1. The number of benzene rings is 2. The summed E-state index contributed by atoms with van der Waals surface area (Å²) in [6.07, 6.45) is 3.50. The first kappa shape index (κ1) is 18.2. The summed E-state index contributed by atoms with van der Waals surface area (Å²) in [5.74, 6) is -0.423. The summed E-state index contributed by atoms with van der Waals surface area (Å²) in [6, 6.07) is 18.3. The van der Waals surface area contributed by atoms with Crippen molar-refractivity contribution in [2.45, 2.75) is 6.61 Å². The van der Waals surface area contributed by atoms with Gasteiger partial charge < -0.3 is 15.8 Å². The predicted octanol–water partition coefficient (Wildman–Crippen LogP) is 4.95. The first-order valence-corrected chi connectivity index (χ1v) is 9.58. The van der Waals surface area contributed by atoms with Gasteiger partial charge in [0.05, 0.1) is 28.1 Å². The highest BCUT2D eigenvalue weighted by Crippen LogP contribution is 2.32. The number of aromatic nitrogens is 1. The van der Waals surface area contributed by atoms with Crippen LogP contribution in [0, 0.1) is 0 Å². The Balaban J connectivity index is 1.56. The maximum atomic E-state index is 11.5. The molecule has 0 saturated carbocycles. The third-order valence-corrected chi connectivity index (χ3v) is 5.54. The van der Waals surface area contributed by atoms with Gasteiger partial charge in [-0.3, -0.25) is 9.78 Å². The van der Waals surface area contributed by atoms with Crippen LogP contribution in [0.15, 0.2) is 67.0 Å². The number of methoxy groups -OCH3 is 1. The van der Waals surface area contributed by atoms with Crippen molar-refractivity contribution in [1.29, 1.82) is 0 Å². The molecule has 0 bridgehead atoms. The van der Waals surface area contributed by atoms with Crippen LogP contribution in [0.1, 0.15) is 15.2 Å². The van der Waals surface area contributed by atoms with Crippen LogP contribution < -0.4 is 11.1 Å². The van der Waals surface area contributed by atoms with Crippen molar-refractivity contribution in [3.05, 3.63) is 77.4 Å². The Labute approximate surface area is 166 Å². The smallest absolute Gasteiger partial charge is 0.258 e. The summed E-state index contributed by atoms with van der Waals surface area (Å²) in [5, 5.41) is 4.32. The number of pyridine rings is 1. The number of nitrogens with zero attached hydrogens (tertiary/aromatic N) is 1. The molecule has 6 heteroatoms. The van der Waals surface area contributed by atoms with Gasteiger partial charge in [-0.2, -0.15) is 0 Å². The fourth-order valence-corrected chi connectivity index (χ4v) is 3.95. The molecule has 4 aromatic rings. The third-order valence-electron chi connectivity index (χ3n) is 4.45. The lowest BCUT2D eigenvalue weighted by Crippen LogP contribution is -2.08. The van der Waals surface area contributed by atoms with E-state index in [2.05, 4.69) is 46.7 Å². The summed E-state index contributed by atoms with van der Waals surface area (Å²) >= 11 is 1.35. The largest absolute Gasteiger partial charge is 0.380 e. The summed E-state index contributed by atoms with van der Waals surface area (Å²) < 4.78 is 6.08. The second-order valence-electron chi connectivity index (χ2n) is 6.41. The van der Waals surface area contributed by atoms with Crippen molar-refractivity contribution < 1.29 is 9.53 Å². The van der Waals surface area contributed by atoms with E-state index in [1.54, 1.807) is 19.5 Å². The molecular weight excluding hydrogens is 370 g/mol. The Bertz CT molecular complexity index is 1120. The first-order chi connectivity index (χ1) is 13.6. The van der Waals surface area contributed by atoms with Gasteiger partial charge in [0.15, 0.2) is 0 Å². The van der Waals surface area contributed by atoms with Gasteiger partial charge in [0, 0.05) is 24.4 Å². The third kappa shape index (κ3) is 3.74. The van der Waals surface area contributed by atoms with Gasteiger partial charge in [-0.25, -0.2) is 0 Å². The van der Waals surface area contributed by atoms with Gasteiger partial charge in [-0.05, 0) is 34.9 Å². The van der Waals surface area contributed by atoms with Gasteiger partial charge in [-0.15, -0.1) is 11.3 Å². The molecule has 2 heterocycles. The number of carbonyl (C=O) groups excluding carboxylic acids is 1. The zero-order valence-corrected chi connectivity index (χ0v) is 16.1. The number of thiophene rings is 1. The van der Waals surface area contributed by atoms with Crippen LogP contribution in [0.3, 0.4) is 0 Å². The van der Waals surface area contributed by atoms with Crippen LogP contribution in [0.25, 0.3) is 21.2 Å². The predicted molar refractivity (Wildman–Crippen MR) is 114 cm³/mol. The lowest BCUT2D eigenvalue weighted by molar-refractivity contribution is 0.100. The van der Waals surface area contributed by atoms with E-state index in [0.717, 1.165) is 38.2 Å². The van der Waals surface area contributed by atoms with Crippen molar-refractivity contribution in [3.63, 3.8) is 0 Å². The average Bonchev–Trinajstić information content (AvgIpc) is 3.15. The molecule has 4 rings (SSSR count). The Hall–Kier alpha value is -3.22. The number of ether oxygens (including phenoxy) is 1. The zero-order valence-electron chi connectivity index (χ0n) is 15.3. The van der Waals surface area contributed by atoms with E-state index in [0.29, 0.717) is 11.5 Å². The molecule has 5 nitrogen and oxygen atoms in total. The van der Waals surface area contributed by atoms with Gasteiger partial charge in [0.1, 0.15) is 0 Å². The minimum absolute atomic E-state index is 0.423. The molecule has 2 aromatic heterocycles. The van der Waals surface area contributed by atoms with E-state index in [-0.39, 0.29) is 0 Å². The maximum Gasteiger partial charge on any atom is 0.258 e. The fraction of sp³-hybridized carbons (Fsp3) is 0.0909. The summed E-state index contributed by atoms with van der Waals surface area (Å²) in [4.78, 5) is 16.2. The number of amides is 1. The van der Waals surface area contributed by atoms with Crippen LogP contribution >= 0.6 is 11.3 Å². The number of anilines is 2. The number of fused-ring (bicyclic) bond motifs is 1. The van der Waals surface area contributed by atoms with Crippen molar-refractivity contribution >= 4 is 38.7 Å². The zero-order chi connectivity index (χ0) is 19.5. The van der Waals surface area contributed by atoms with E-state index in [1.807, 2.05) is 18.2 Å². The Morgan fingerprint density at radius 2 is 1.75 bits per heavy atom. The Morgan fingerprint density at radius 3 is 2.39 bits per heavy atom.